The third-order valence-corrected chi connectivity index (χ3v) is 2.20. The van der Waals surface area contributed by atoms with Crippen LogP contribution in [-0.2, 0) is 6.54 Å². The first-order valence-corrected chi connectivity index (χ1v) is 5.70. The topological polar surface area (TPSA) is 41.5 Å². The molecular formula is C13H20FNO2. The van der Waals surface area contributed by atoms with Gasteiger partial charge < -0.3 is 15.2 Å². The normalized spacial score (nSPS) is 11.6. The number of nitrogens with one attached hydrogen (secondary N) is 1. The summed E-state index contributed by atoms with van der Waals surface area (Å²) in [5.41, 5.74) is 0.717. The van der Waals surface area contributed by atoms with E-state index < -0.39 is 5.82 Å². The summed E-state index contributed by atoms with van der Waals surface area (Å²) < 4.78 is 18.8. The average Bonchev–Trinajstić information content (AvgIpc) is 2.24. The maximum Gasteiger partial charge on any atom is 0.165 e. The molecule has 0 unspecified atom stereocenters. The number of hydrogen-bond donors (Lipinski definition) is 2. The van der Waals surface area contributed by atoms with Gasteiger partial charge in [0, 0.05) is 17.6 Å². The first-order valence-electron chi connectivity index (χ1n) is 5.70. The van der Waals surface area contributed by atoms with Crippen molar-refractivity contribution in [2.75, 3.05) is 13.2 Å². The van der Waals surface area contributed by atoms with Crippen molar-refractivity contribution >= 4 is 0 Å². The van der Waals surface area contributed by atoms with Crippen LogP contribution in [0.3, 0.4) is 0 Å². The van der Waals surface area contributed by atoms with Crippen molar-refractivity contribution in [3.63, 3.8) is 0 Å². The number of benzene rings is 1. The molecule has 1 rings (SSSR count). The lowest BCUT2D eigenvalue weighted by Crippen LogP contribution is -2.35. The van der Waals surface area contributed by atoms with Gasteiger partial charge in [0.15, 0.2) is 11.6 Å². The molecule has 4 heteroatoms. The van der Waals surface area contributed by atoms with Crippen molar-refractivity contribution in [3.8, 4) is 5.75 Å². The van der Waals surface area contributed by atoms with Crippen LogP contribution in [0.5, 0.6) is 5.75 Å². The third-order valence-electron chi connectivity index (χ3n) is 2.20. The van der Waals surface area contributed by atoms with Crippen LogP contribution in [-0.4, -0.2) is 23.9 Å². The zero-order chi connectivity index (χ0) is 12.9. The van der Waals surface area contributed by atoms with Crippen LogP contribution in [0, 0.1) is 5.82 Å². The molecule has 0 radical (unpaired) electrons. The molecule has 0 aromatic heterocycles. The van der Waals surface area contributed by atoms with E-state index in [2.05, 4.69) is 5.32 Å². The molecule has 0 aliphatic carbocycles. The zero-order valence-corrected chi connectivity index (χ0v) is 10.6. The molecule has 0 heterocycles. The Morgan fingerprint density at radius 2 is 2.06 bits per heavy atom. The monoisotopic (exact) mass is 241 g/mol. The summed E-state index contributed by atoms with van der Waals surface area (Å²) in [6.07, 6.45) is 0. The van der Waals surface area contributed by atoms with Crippen LogP contribution in [0.15, 0.2) is 18.2 Å². The molecule has 0 aliphatic rings. The molecule has 0 aliphatic heterocycles. The second-order valence-corrected chi connectivity index (χ2v) is 4.90. The number of aliphatic hydroxyl groups is 1. The summed E-state index contributed by atoms with van der Waals surface area (Å²) in [6.45, 7) is 6.63. The lowest BCUT2D eigenvalue weighted by molar-refractivity contribution is 0.194. The van der Waals surface area contributed by atoms with Gasteiger partial charge in [-0.25, -0.2) is 4.39 Å². The number of halogens is 1. The number of rotatable bonds is 5. The molecule has 0 spiro atoms. The van der Waals surface area contributed by atoms with E-state index in [-0.39, 0.29) is 24.5 Å². The van der Waals surface area contributed by atoms with Gasteiger partial charge in [0.1, 0.15) is 6.61 Å². The Hall–Kier alpha value is -1.13. The molecule has 3 nitrogen and oxygen atoms in total. The minimum absolute atomic E-state index is 0.0411. The van der Waals surface area contributed by atoms with Crippen molar-refractivity contribution in [2.45, 2.75) is 32.9 Å². The third kappa shape index (κ3) is 4.71. The second-order valence-electron chi connectivity index (χ2n) is 4.90. The lowest BCUT2D eigenvalue weighted by Gasteiger charge is -2.21. The summed E-state index contributed by atoms with van der Waals surface area (Å²) >= 11 is 0. The van der Waals surface area contributed by atoms with Gasteiger partial charge in [0.2, 0.25) is 0 Å². The standard InChI is InChI=1S/C13H20FNO2/c1-13(2,3)15-9-10-5-4-6-11(14)12(10)17-8-7-16/h4-6,15-16H,7-9H2,1-3H3. The summed E-state index contributed by atoms with van der Waals surface area (Å²) in [6, 6.07) is 4.82. The van der Waals surface area contributed by atoms with Gasteiger partial charge in [0.25, 0.3) is 0 Å². The zero-order valence-electron chi connectivity index (χ0n) is 10.6. The maximum absolute atomic E-state index is 13.6. The van der Waals surface area contributed by atoms with Crippen molar-refractivity contribution in [3.05, 3.63) is 29.6 Å². The van der Waals surface area contributed by atoms with E-state index in [9.17, 15) is 4.39 Å². The Morgan fingerprint density at radius 3 is 2.65 bits per heavy atom. The smallest absolute Gasteiger partial charge is 0.165 e. The van der Waals surface area contributed by atoms with E-state index in [1.54, 1.807) is 6.07 Å². The number of aliphatic hydroxyl groups excluding tert-OH is 1. The Kier molecular flexibility index (Phi) is 4.90. The summed E-state index contributed by atoms with van der Waals surface area (Å²) in [4.78, 5) is 0. The molecule has 0 bridgehead atoms. The number of ether oxygens (including phenoxy) is 1. The van der Waals surface area contributed by atoms with Crippen LogP contribution >= 0.6 is 0 Å². The van der Waals surface area contributed by atoms with E-state index in [0.29, 0.717) is 6.54 Å². The molecular weight excluding hydrogens is 221 g/mol. The van der Waals surface area contributed by atoms with Gasteiger partial charge >= 0.3 is 0 Å². The van der Waals surface area contributed by atoms with Crippen LogP contribution in [0.25, 0.3) is 0 Å². The van der Waals surface area contributed by atoms with Gasteiger partial charge in [-0.3, -0.25) is 0 Å². The van der Waals surface area contributed by atoms with Gasteiger partial charge in [-0.15, -0.1) is 0 Å². The van der Waals surface area contributed by atoms with Crippen molar-refractivity contribution in [1.29, 1.82) is 0 Å². The Balaban J connectivity index is 2.79. The van der Waals surface area contributed by atoms with Gasteiger partial charge in [0.05, 0.1) is 6.61 Å². The van der Waals surface area contributed by atoms with Crippen LogP contribution in [0.2, 0.25) is 0 Å². The second kappa shape index (κ2) is 5.98. The fraction of sp³-hybridized carbons (Fsp3) is 0.538. The SMILES string of the molecule is CC(C)(C)NCc1cccc(F)c1OCCO. The molecule has 17 heavy (non-hydrogen) atoms. The molecule has 1 aromatic rings. The van der Waals surface area contributed by atoms with Gasteiger partial charge in [-0.05, 0) is 26.8 Å². The maximum atomic E-state index is 13.6. The fourth-order valence-electron chi connectivity index (χ4n) is 1.36. The average molecular weight is 241 g/mol. The molecule has 1 aromatic carbocycles. The minimum atomic E-state index is -0.397. The van der Waals surface area contributed by atoms with Gasteiger partial charge in [-0.2, -0.15) is 0 Å². The highest BCUT2D eigenvalue weighted by atomic mass is 19.1. The number of para-hydroxylation sites is 1. The van der Waals surface area contributed by atoms with E-state index in [1.807, 2.05) is 26.8 Å². The van der Waals surface area contributed by atoms with E-state index in [1.165, 1.54) is 6.07 Å². The predicted molar refractivity (Wildman–Crippen MR) is 65.6 cm³/mol. The molecule has 0 fully saturated rings. The Labute approximate surface area is 102 Å². The molecule has 96 valence electrons. The van der Waals surface area contributed by atoms with E-state index >= 15 is 0 Å². The molecule has 0 saturated heterocycles. The number of hydrogen-bond acceptors (Lipinski definition) is 3. The van der Waals surface area contributed by atoms with Crippen molar-refractivity contribution < 1.29 is 14.2 Å². The first kappa shape index (κ1) is 13.9. The first-order chi connectivity index (χ1) is 7.94. The highest BCUT2D eigenvalue weighted by molar-refractivity contribution is 5.35. The van der Waals surface area contributed by atoms with Crippen LogP contribution in [0.4, 0.5) is 4.39 Å². The highest BCUT2D eigenvalue weighted by Gasteiger charge is 2.13. The van der Waals surface area contributed by atoms with E-state index in [4.69, 9.17) is 9.84 Å². The summed E-state index contributed by atoms with van der Waals surface area (Å²) in [5.74, 6) is -0.176. The molecule has 2 N–H and O–H groups in total. The summed E-state index contributed by atoms with van der Waals surface area (Å²) in [5, 5.41) is 12.0. The quantitative estimate of drug-likeness (QED) is 0.829. The van der Waals surface area contributed by atoms with E-state index in [0.717, 1.165) is 5.56 Å². The molecule has 0 saturated carbocycles. The predicted octanol–water partition coefficient (Wildman–Crippen LogP) is 2.08. The Bertz CT molecular complexity index is 361. The minimum Gasteiger partial charge on any atom is -0.488 e. The molecule has 0 atom stereocenters. The van der Waals surface area contributed by atoms with Crippen molar-refractivity contribution in [1.82, 2.24) is 5.32 Å². The van der Waals surface area contributed by atoms with Crippen LogP contribution < -0.4 is 10.1 Å². The van der Waals surface area contributed by atoms with Crippen LogP contribution in [0.1, 0.15) is 26.3 Å². The lowest BCUT2D eigenvalue weighted by atomic mass is 10.1. The highest BCUT2D eigenvalue weighted by Crippen LogP contribution is 2.23. The Morgan fingerprint density at radius 1 is 1.35 bits per heavy atom. The fourth-order valence-corrected chi connectivity index (χ4v) is 1.36. The van der Waals surface area contributed by atoms with Gasteiger partial charge in [-0.1, -0.05) is 12.1 Å². The largest absolute Gasteiger partial charge is 0.488 e. The van der Waals surface area contributed by atoms with Crippen molar-refractivity contribution in [2.24, 2.45) is 0 Å². The molecule has 0 amide bonds. The summed E-state index contributed by atoms with van der Waals surface area (Å²) in [7, 11) is 0.